The molecule has 0 aliphatic carbocycles. The van der Waals surface area contributed by atoms with Gasteiger partial charge in [0.2, 0.25) is 5.95 Å². The monoisotopic (exact) mass is 307 g/mol. The van der Waals surface area contributed by atoms with Gasteiger partial charge in [-0.15, -0.1) is 0 Å². The zero-order valence-electron chi connectivity index (χ0n) is 10.7. The zero-order chi connectivity index (χ0) is 14.3. The molecule has 0 aromatic carbocycles. The van der Waals surface area contributed by atoms with Crippen molar-refractivity contribution in [2.24, 2.45) is 5.92 Å². The number of pyridine rings is 1. The van der Waals surface area contributed by atoms with Gasteiger partial charge in [0.1, 0.15) is 5.60 Å². The third-order valence-electron chi connectivity index (χ3n) is 3.71. The fraction of sp³-hybridized carbons (Fsp3) is 0.583. The maximum atomic E-state index is 14.0. The average molecular weight is 308 g/mol. The molecule has 1 aromatic rings. The van der Waals surface area contributed by atoms with Crippen LogP contribution in [-0.4, -0.2) is 32.0 Å². The molecule has 1 saturated heterocycles. The van der Waals surface area contributed by atoms with E-state index in [1.54, 1.807) is 6.92 Å². The second kappa shape index (κ2) is 5.00. The predicted octanol–water partition coefficient (Wildman–Crippen LogP) is 2.17. The minimum Gasteiger partial charge on any atom is -0.373 e. The Balaban J connectivity index is 2.52. The summed E-state index contributed by atoms with van der Waals surface area (Å²) in [6, 6.07) is 1.46. The largest absolute Gasteiger partial charge is 0.373 e. The second-order valence-corrected chi connectivity index (χ2v) is 7.52. The molecule has 2 heterocycles. The van der Waals surface area contributed by atoms with E-state index in [1.165, 1.54) is 19.4 Å². The summed E-state index contributed by atoms with van der Waals surface area (Å²) < 4.78 is 42.8. The molecule has 7 heteroatoms. The highest BCUT2D eigenvalue weighted by molar-refractivity contribution is 7.91. The molecule has 0 bridgehead atoms. The first kappa shape index (κ1) is 14.7. The lowest BCUT2D eigenvalue weighted by Crippen LogP contribution is -2.46. The van der Waals surface area contributed by atoms with Crippen LogP contribution in [0.3, 0.4) is 0 Å². The van der Waals surface area contributed by atoms with Crippen LogP contribution in [0.1, 0.15) is 18.9 Å². The van der Waals surface area contributed by atoms with E-state index >= 15 is 0 Å². The third-order valence-corrected chi connectivity index (χ3v) is 5.75. The van der Waals surface area contributed by atoms with Gasteiger partial charge in [0.05, 0.1) is 16.5 Å². The van der Waals surface area contributed by atoms with Gasteiger partial charge in [-0.25, -0.2) is 13.4 Å². The Hall–Kier alpha value is -0.720. The Labute approximate surface area is 116 Å². The Bertz CT molecular complexity index is 593. The van der Waals surface area contributed by atoms with Crippen LogP contribution in [0.2, 0.25) is 5.02 Å². The fourth-order valence-corrected chi connectivity index (χ4v) is 4.65. The highest BCUT2D eigenvalue weighted by Crippen LogP contribution is 2.42. The van der Waals surface area contributed by atoms with Gasteiger partial charge in [-0.3, -0.25) is 0 Å². The average Bonchev–Trinajstić information content (AvgIpc) is 2.33. The van der Waals surface area contributed by atoms with Gasteiger partial charge in [-0.2, -0.15) is 4.39 Å². The van der Waals surface area contributed by atoms with Gasteiger partial charge in [-0.1, -0.05) is 18.5 Å². The second-order valence-electron chi connectivity index (χ2n) is 4.85. The topological polar surface area (TPSA) is 56.3 Å². The molecule has 0 unspecified atom stereocenters. The highest BCUT2D eigenvalue weighted by Gasteiger charge is 2.46. The van der Waals surface area contributed by atoms with Crippen molar-refractivity contribution in [3.05, 3.63) is 28.8 Å². The first-order valence-corrected chi connectivity index (χ1v) is 8.08. The van der Waals surface area contributed by atoms with Crippen molar-refractivity contribution in [3.63, 3.8) is 0 Å². The number of aromatic nitrogens is 1. The summed E-state index contributed by atoms with van der Waals surface area (Å²) in [5.74, 6) is -1.10. The molecule has 2 rings (SSSR count). The van der Waals surface area contributed by atoms with Crippen LogP contribution in [0, 0.1) is 11.9 Å². The van der Waals surface area contributed by atoms with Crippen LogP contribution in [0.15, 0.2) is 12.3 Å². The lowest BCUT2D eigenvalue weighted by molar-refractivity contribution is -0.0614. The number of hydrogen-bond acceptors (Lipinski definition) is 4. The molecule has 0 spiro atoms. The molecule has 0 radical (unpaired) electrons. The van der Waals surface area contributed by atoms with Crippen LogP contribution in [0.4, 0.5) is 4.39 Å². The number of nitrogens with zero attached hydrogens (tertiary/aromatic N) is 1. The summed E-state index contributed by atoms with van der Waals surface area (Å²) in [5.41, 5.74) is -0.766. The quantitative estimate of drug-likeness (QED) is 0.786. The van der Waals surface area contributed by atoms with E-state index in [9.17, 15) is 12.8 Å². The molecule has 1 fully saturated rings. The van der Waals surface area contributed by atoms with Gasteiger partial charge < -0.3 is 4.74 Å². The van der Waals surface area contributed by atoms with Crippen molar-refractivity contribution >= 4 is 21.4 Å². The fourth-order valence-electron chi connectivity index (χ4n) is 2.69. The molecule has 1 aromatic heterocycles. The minimum absolute atomic E-state index is 0.0306. The first-order chi connectivity index (χ1) is 8.81. The Morgan fingerprint density at radius 3 is 2.84 bits per heavy atom. The Kier molecular flexibility index (Phi) is 3.86. The maximum Gasteiger partial charge on any atom is 0.219 e. The number of ether oxygens (including phenoxy) is 1. The van der Waals surface area contributed by atoms with Crippen molar-refractivity contribution in [3.8, 4) is 0 Å². The van der Waals surface area contributed by atoms with Gasteiger partial charge in [-0.05, 0) is 12.5 Å². The summed E-state index contributed by atoms with van der Waals surface area (Å²) in [6.07, 6.45) is 1.42. The molecule has 1 aliphatic heterocycles. The van der Waals surface area contributed by atoms with Crippen LogP contribution in [0.5, 0.6) is 0 Å². The Morgan fingerprint density at radius 2 is 2.26 bits per heavy atom. The maximum absolute atomic E-state index is 14.0. The minimum atomic E-state index is -3.10. The molecule has 19 heavy (non-hydrogen) atoms. The Morgan fingerprint density at radius 1 is 1.58 bits per heavy atom. The van der Waals surface area contributed by atoms with Crippen molar-refractivity contribution in [1.29, 1.82) is 0 Å². The molecular formula is C12H15ClFNO3S. The van der Waals surface area contributed by atoms with Crippen molar-refractivity contribution in [2.75, 3.05) is 18.6 Å². The number of methoxy groups -OCH3 is 1. The first-order valence-electron chi connectivity index (χ1n) is 5.88. The number of sulfone groups is 1. The summed E-state index contributed by atoms with van der Waals surface area (Å²) in [5, 5.41) is 0.299. The SMILES string of the molecule is CO[C@]1(c2cc(Cl)cnc2F)CCS(=O)(=O)C[C@@H]1C. The molecule has 1 aliphatic rings. The zero-order valence-corrected chi connectivity index (χ0v) is 12.3. The van der Waals surface area contributed by atoms with Crippen LogP contribution in [-0.2, 0) is 20.2 Å². The third kappa shape index (κ3) is 2.61. The van der Waals surface area contributed by atoms with Crippen molar-refractivity contribution < 1.29 is 17.5 Å². The van der Waals surface area contributed by atoms with Gasteiger partial charge >= 0.3 is 0 Å². The van der Waals surface area contributed by atoms with E-state index in [-0.39, 0.29) is 29.4 Å². The van der Waals surface area contributed by atoms with Gasteiger partial charge in [0, 0.05) is 24.8 Å². The standard InChI is InChI=1S/C12H15ClFNO3S/c1-8-7-19(16,17)4-3-12(8,18-2)10-5-9(13)6-15-11(10)14/h5-6,8H,3-4,7H2,1-2H3/t8-,12+/m0/s1. The van der Waals surface area contributed by atoms with Crippen LogP contribution in [0.25, 0.3) is 0 Å². The summed E-state index contributed by atoms with van der Waals surface area (Å²) in [6.45, 7) is 1.74. The molecule has 106 valence electrons. The number of rotatable bonds is 2. The number of hydrogen-bond donors (Lipinski definition) is 0. The van der Waals surface area contributed by atoms with E-state index in [1.807, 2.05) is 0 Å². The van der Waals surface area contributed by atoms with E-state index in [4.69, 9.17) is 16.3 Å². The lowest BCUT2D eigenvalue weighted by atomic mass is 9.81. The lowest BCUT2D eigenvalue weighted by Gasteiger charge is -2.41. The van der Waals surface area contributed by atoms with Crippen LogP contribution < -0.4 is 0 Å². The van der Waals surface area contributed by atoms with E-state index in [2.05, 4.69) is 4.98 Å². The summed E-state index contributed by atoms with van der Waals surface area (Å²) in [7, 11) is -1.65. The molecule has 0 saturated carbocycles. The molecule has 4 nitrogen and oxygen atoms in total. The van der Waals surface area contributed by atoms with E-state index in [0.717, 1.165) is 0 Å². The molecule has 0 N–H and O–H groups in total. The van der Waals surface area contributed by atoms with Gasteiger partial charge in [0.25, 0.3) is 0 Å². The van der Waals surface area contributed by atoms with E-state index in [0.29, 0.717) is 5.02 Å². The van der Waals surface area contributed by atoms with Gasteiger partial charge in [0.15, 0.2) is 9.84 Å². The molecule has 0 amide bonds. The van der Waals surface area contributed by atoms with E-state index < -0.39 is 21.4 Å². The summed E-state index contributed by atoms with van der Waals surface area (Å²) >= 11 is 5.86. The highest BCUT2D eigenvalue weighted by atomic mass is 35.5. The molecule has 2 atom stereocenters. The van der Waals surface area contributed by atoms with Crippen molar-refractivity contribution in [1.82, 2.24) is 4.98 Å². The number of halogens is 2. The van der Waals surface area contributed by atoms with Crippen molar-refractivity contribution in [2.45, 2.75) is 18.9 Å². The smallest absolute Gasteiger partial charge is 0.219 e. The molecular weight excluding hydrogens is 293 g/mol. The summed E-state index contributed by atoms with van der Waals surface area (Å²) in [4.78, 5) is 3.59. The van der Waals surface area contributed by atoms with Crippen LogP contribution >= 0.6 is 11.6 Å². The predicted molar refractivity (Wildman–Crippen MR) is 70.3 cm³/mol. The normalized spacial score (nSPS) is 30.2.